The second kappa shape index (κ2) is 8.52. The first-order valence-corrected chi connectivity index (χ1v) is 7.89. The molecule has 0 radical (unpaired) electrons. The van der Waals surface area contributed by atoms with E-state index < -0.39 is 12.1 Å². The van der Waals surface area contributed by atoms with Crippen molar-refractivity contribution in [3.63, 3.8) is 0 Å². The SMILES string of the molecule is CC(C)C[C@H](N)C(=O)NC1CCN(c2ccccc2Cl)C1=O.Cl. The molecule has 23 heavy (non-hydrogen) atoms. The van der Waals surface area contributed by atoms with E-state index in [4.69, 9.17) is 17.3 Å². The standard InChI is InChI=1S/C16H22ClN3O2.ClH/c1-10(2)9-12(18)15(21)19-13-7-8-20(16(13)22)14-6-4-3-5-11(14)17;/h3-6,10,12-13H,7-9,18H2,1-2H3,(H,19,21);1H/t12-,13?;/m0./s1. The maximum Gasteiger partial charge on any atom is 0.249 e. The highest BCUT2D eigenvalue weighted by atomic mass is 35.5. The molecule has 1 fully saturated rings. The number of nitrogens with zero attached hydrogens (tertiary/aromatic N) is 1. The molecule has 0 spiro atoms. The molecule has 1 aliphatic heterocycles. The number of hydrogen-bond acceptors (Lipinski definition) is 3. The largest absolute Gasteiger partial charge is 0.343 e. The van der Waals surface area contributed by atoms with Crippen LogP contribution in [0.1, 0.15) is 26.7 Å². The summed E-state index contributed by atoms with van der Waals surface area (Å²) in [7, 11) is 0. The zero-order chi connectivity index (χ0) is 16.3. The van der Waals surface area contributed by atoms with E-state index in [1.54, 1.807) is 17.0 Å². The van der Waals surface area contributed by atoms with E-state index in [0.29, 0.717) is 36.0 Å². The smallest absolute Gasteiger partial charge is 0.249 e. The number of anilines is 1. The second-order valence-corrected chi connectivity index (χ2v) is 6.43. The van der Waals surface area contributed by atoms with Crippen molar-refractivity contribution in [1.29, 1.82) is 0 Å². The lowest BCUT2D eigenvalue weighted by molar-refractivity contribution is -0.127. The van der Waals surface area contributed by atoms with Crippen molar-refractivity contribution in [2.45, 2.75) is 38.8 Å². The Morgan fingerprint density at radius 1 is 1.43 bits per heavy atom. The monoisotopic (exact) mass is 359 g/mol. The topological polar surface area (TPSA) is 75.4 Å². The summed E-state index contributed by atoms with van der Waals surface area (Å²) in [6, 6.07) is 6.09. The van der Waals surface area contributed by atoms with Crippen LogP contribution in [-0.2, 0) is 9.59 Å². The number of nitrogens with one attached hydrogen (secondary N) is 1. The quantitative estimate of drug-likeness (QED) is 0.847. The first kappa shape index (κ1) is 19.7. The van der Waals surface area contributed by atoms with Crippen LogP contribution in [0, 0.1) is 5.92 Å². The van der Waals surface area contributed by atoms with Gasteiger partial charge in [-0.05, 0) is 30.9 Å². The van der Waals surface area contributed by atoms with Crippen LogP contribution in [0.4, 0.5) is 5.69 Å². The predicted octanol–water partition coefficient (Wildman–Crippen LogP) is 2.36. The van der Waals surface area contributed by atoms with Crippen LogP contribution in [0.15, 0.2) is 24.3 Å². The fourth-order valence-electron chi connectivity index (χ4n) is 2.62. The summed E-state index contributed by atoms with van der Waals surface area (Å²) in [4.78, 5) is 26.1. The average Bonchev–Trinajstić information content (AvgIpc) is 2.80. The zero-order valence-electron chi connectivity index (χ0n) is 13.3. The molecule has 1 unspecified atom stereocenters. The lowest BCUT2D eigenvalue weighted by atomic mass is 10.0. The number of nitrogens with two attached hydrogens (primary N) is 1. The number of hydrogen-bond donors (Lipinski definition) is 2. The molecular weight excluding hydrogens is 337 g/mol. The molecule has 1 heterocycles. The minimum absolute atomic E-state index is 0. The van der Waals surface area contributed by atoms with Gasteiger partial charge in [0.25, 0.3) is 0 Å². The number of rotatable bonds is 5. The third-order valence-electron chi connectivity index (χ3n) is 3.73. The first-order valence-electron chi connectivity index (χ1n) is 7.52. The molecule has 0 aromatic heterocycles. The van der Waals surface area contributed by atoms with Crippen molar-refractivity contribution < 1.29 is 9.59 Å². The minimum Gasteiger partial charge on any atom is -0.343 e. The fourth-order valence-corrected chi connectivity index (χ4v) is 2.86. The molecule has 1 aliphatic rings. The van der Waals surface area contributed by atoms with Crippen molar-refractivity contribution >= 4 is 41.5 Å². The van der Waals surface area contributed by atoms with Gasteiger partial charge in [-0.2, -0.15) is 0 Å². The molecule has 1 saturated heterocycles. The van der Waals surface area contributed by atoms with Crippen molar-refractivity contribution in [3.8, 4) is 0 Å². The van der Waals surface area contributed by atoms with Crippen LogP contribution in [0.2, 0.25) is 5.02 Å². The number of carbonyl (C=O) groups excluding carboxylic acids is 2. The summed E-state index contributed by atoms with van der Waals surface area (Å²) < 4.78 is 0. The van der Waals surface area contributed by atoms with E-state index in [-0.39, 0.29) is 24.2 Å². The van der Waals surface area contributed by atoms with Crippen LogP contribution < -0.4 is 16.0 Å². The number of carbonyl (C=O) groups is 2. The number of amides is 2. The zero-order valence-corrected chi connectivity index (χ0v) is 14.9. The van der Waals surface area contributed by atoms with Gasteiger partial charge in [-0.25, -0.2) is 0 Å². The van der Waals surface area contributed by atoms with E-state index in [1.165, 1.54) is 0 Å². The summed E-state index contributed by atoms with van der Waals surface area (Å²) in [5.41, 5.74) is 6.53. The Balaban J connectivity index is 0.00000264. The van der Waals surface area contributed by atoms with Gasteiger partial charge in [0.2, 0.25) is 11.8 Å². The molecule has 7 heteroatoms. The van der Waals surface area contributed by atoms with Crippen molar-refractivity contribution in [2.75, 3.05) is 11.4 Å². The Hall–Kier alpha value is -1.30. The van der Waals surface area contributed by atoms with Crippen LogP contribution in [0.25, 0.3) is 0 Å². The molecule has 2 rings (SSSR count). The lowest BCUT2D eigenvalue weighted by Crippen LogP contribution is -2.48. The van der Waals surface area contributed by atoms with E-state index in [0.717, 1.165) is 0 Å². The molecule has 2 atom stereocenters. The fraction of sp³-hybridized carbons (Fsp3) is 0.500. The van der Waals surface area contributed by atoms with Gasteiger partial charge in [-0.1, -0.05) is 37.6 Å². The molecule has 0 saturated carbocycles. The van der Waals surface area contributed by atoms with Gasteiger partial charge in [0.15, 0.2) is 0 Å². The Bertz CT molecular complexity index is 566. The third-order valence-corrected chi connectivity index (χ3v) is 4.05. The molecule has 1 aromatic rings. The van der Waals surface area contributed by atoms with Gasteiger partial charge < -0.3 is 16.0 Å². The molecule has 0 bridgehead atoms. The highest BCUT2D eigenvalue weighted by molar-refractivity contribution is 6.34. The van der Waals surface area contributed by atoms with Gasteiger partial charge in [-0.3, -0.25) is 9.59 Å². The Morgan fingerprint density at radius 2 is 2.09 bits per heavy atom. The van der Waals surface area contributed by atoms with Gasteiger partial charge >= 0.3 is 0 Å². The van der Waals surface area contributed by atoms with E-state index in [9.17, 15) is 9.59 Å². The predicted molar refractivity (Wildman–Crippen MR) is 95.0 cm³/mol. The molecule has 128 valence electrons. The average molecular weight is 360 g/mol. The molecule has 5 nitrogen and oxygen atoms in total. The van der Waals surface area contributed by atoms with Crippen molar-refractivity contribution in [2.24, 2.45) is 11.7 Å². The maximum absolute atomic E-state index is 12.5. The van der Waals surface area contributed by atoms with Gasteiger partial charge in [0, 0.05) is 6.54 Å². The maximum atomic E-state index is 12.5. The van der Waals surface area contributed by atoms with Crippen LogP contribution in [0.5, 0.6) is 0 Å². The summed E-state index contributed by atoms with van der Waals surface area (Å²) >= 11 is 6.13. The normalized spacial score (nSPS) is 18.7. The third kappa shape index (κ3) is 4.83. The van der Waals surface area contributed by atoms with Crippen molar-refractivity contribution in [3.05, 3.63) is 29.3 Å². The Morgan fingerprint density at radius 3 is 2.70 bits per heavy atom. The second-order valence-electron chi connectivity index (χ2n) is 6.03. The Kier molecular flexibility index (Phi) is 7.32. The highest BCUT2D eigenvalue weighted by Crippen LogP contribution is 2.29. The molecule has 0 aliphatic carbocycles. The summed E-state index contributed by atoms with van der Waals surface area (Å²) in [5.74, 6) is -0.0779. The van der Waals surface area contributed by atoms with Crippen molar-refractivity contribution in [1.82, 2.24) is 5.32 Å². The number of benzene rings is 1. The van der Waals surface area contributed by atoms with Gasteiger partial charge in [-0.15, -0.1) is 12.4 Å². The summed E-state index contributed by atoms with van der Waals surface area (Å²) in [6.45, 7) is 4.55. The number of para-hydroxylation sites is 1. The minimum atomic E-state index is -0.581. The number of halogens is 2. The van der Waals surface area contributed by atoms with Gasteiger partial charge in [0.1, 0.15) is 6.04 Å². The molecular formula is C16H23Cl2N3O2. The highest BCUT2D eigenvalue weighted by Gasteiger charge is 2.35. The van der Waals surface area contributed by atoms with Crippen LogP contribution in [0.3, 0.4) is 0 Å². The van der Waals surface area contributed by atoms with Crippen LogP contribution >= 0.6 is 24.0 Å². The first-order chi connectivity index (χ1) is 10.4. The van der Waals surface area contributed by atoms with E-state index >= 15 is 0 Å². The summed E-state index contributed by atoms with van der Waals surface area (Å²) in [6.07, 6.45) is 1.16. The van der Waals surface area contributed by atoms with E-state index in [2.05, 4.69) is 5.32 Å². The molecule has 1 aromatic carbocycles. The Labute approximate surface area is 148 Å². The van der Waals surface area contributed by atoms with Gasteiger partial charge in [0.05, 0.1) is 16.8 Å². The lowest BCUT2D eigenvalue weighted by Gasteiger charge is -2.20. The van der Waals surface area contributed by atoms with Crippen LogP contribution in [-0.4, -0.2) is 30.4 Å². The molecule has 3 N–H and O–H groups in total. The van der Waals surface area contributed by atoms with E-state index in [1.807, 2.05) is 26.0 Å². The molecule has 2 amide bonds. The summed E-state index contributed by atoms with van der Waals surface area (Å²) in [5, 5.41) is 3.28.